The van der Waals surface area contributed by atoms with Gasteiger partial charge in [-0.2, -0.15) is 0 Å². The molecule has 226 valence electrons. The molecule has 4 aromatic carbocycles. The van der Waals surface area contributed by atoms with Crippen molar-refractivity contribution >= 4 is 12.2 Å². The van der Waals surface area contributed by atoms with Gasteiger partial charge in [0.25, 0.3) is 0 Å². The van der Waals surface area contributed by atoms with Crippen molar-refractivity contribution in [3.8, 4) is 22.3 Å². The first-order valence-electron chi connectivity index (χ1n) is 16.1. The zero-order chi connectivity index (χ0) is 29.2. The van der Waals surface area contributed by atoms with Gasteiger partial charge in [-0.3, -0.25) is 0 Å². The molecule has 0 aromatic heterocycles. The van der Waals surface area contributed by atoms with E-state index in [4.69, 9.17) is 0 Å². The van der Waals surface area contributed by atoms with Crippen molar-refractivity contribution < 1.29 is 41.4 Å². The predicted octanol–water partition coefficient (Wildman–Crippen LogP) is 6.29. The van der Waals surface area contributed by atoms with Crippen LogP contribution in [0, 0.1) is 0 Å². The number of hydrogen-bond donors (Lipinski definition) is 0. The summed E-state index contributed by atoms with van der Waals surface area (Å²) in [4.78, 5) is 0. The molecule has 3 heteroatoms. The van der Waals surface area contributed by atoms with Crippen LogP contribution in [0.15, 0.2) is 96.1 Å². The molecule has 1 saturated heterocycles. The molecular weight excluding hydrogens is 611 g/mol. The molecule has 2 atom stereocenters. The van der Waals surface area contributed by atoms with Gasteiger partial charge in [-0.1, -0.05) is 0 Å². The summed E-state index contributed by atoms with van der Waals surface area (Å²) in [6, 6.07) is 33.0. The molecule has 2 aliphatic carbocycles. The minimum atomic E-state index is -2.43. The minimum Gasteiger partial charge on any atom is -1.00 e. The van der Waals surface area contributed by atoms with Gasteiger partial charge in [0, 0.05) is 0 Å². The standard InChI is InChI=1S/2C19H19.C3H6.2ClH.Ti/c2*1-13(2)15-7-9-16(10-8-15)18-6-4-5-17-11-14(3)12-19(17)18;1-3-2;;;/h2*4-13H,1-3H3;1-3H2;2*1H;/q;;;;;+2/p-2. The Morgan fingerprint density at radius 3 is 1.25 bits per heavy atom. The fourth-order valence-electron chi connectivity index (χ4n) is 8.56. The van der Waals surface area contributed by atoms with Gasteiger partial charge in [-0.15, -0.1) is 0 Å². The number of rotatable bonds is 6. The van der Waals surface area contributed by atoms with Crippen LogP contribution in [-0.2, 0) is 16.6 Å². The smallest absolute Gasteiger partial charge is 1.00 e. The summed E-state index contributed by atoms with van der Waals surface area (Å²) in [5.74, 6) is 1.12. The third-order valence-electron chi connectivity index (χ3n) is 10.8. The summed E-state index contributed by atoms with van der Waals surface area (Å²) in [7, 11) is 0. The molecule has 0 spiro atoms. The molecule has 3 aliphatic rings. The van der Waals surface area contributed by atoms with E-state index in [2.05, 4.69) is 139 Å². The van der Waals surface area contributed by atoms with E-state index in [9.17, 15) is 0 Å². The molecule has 44 heavy (non-hydrogen) atoms. The van der Waals surface area contributed by atoms with Crippen LogP contribution >= 0.6 is 0 Å². The van der Waals surface area contributed by atoms with Gasteiger partial charge in [-0.25, -0.2) is 0 Å². The van der Waals surface area contributed by atoms with Crippen LogP contribution in [0.25, 0.3) is 34.4 Å². The molecule has 0 nitrogen and oxygen atoms in total. The molecule has 0 amide bonds. The van der Waals surface area contributed by atoms with Crippen LogP contribution in [0.2, 0.25) is 9.45 Å². The van der Waals surface area contributed by atoms with E-state index in [1.807, 2.05) is 0 Å². The summed E-state index contributed by atoms with van der Waals surface area (Å²) in [6.07, 6.45) is 6.54. The summed E-state index contributed by atoms with van der Waals surface area (Å²) in [5.41, 5.74) is 17.8. The second-order valence-corrected chi connectivity index (χ2v) is 21.1. The fourth-order valence-corrected chi connectivity index (χ4v) is 18.5. The van der Waals surface area contributed by atoms with Crippen molar-refractivity contribution in [1.29, 1.82) is 0 Å². The maximum atomic E-state index is 2.57. The van der Waals surface area contributed by atoms with Crippen LogP contribution in [0.3, 0.4) is 0 Å². The van der Waals surface area contributed by atoms with Crippen LogP contribution in [0.4, 0.5) is 0 Å². The maximum absolute atomic E-state index is 2.57. The monoisotopic (exact) mass is 654 g/mol. The Morgan fingerprint density at radius 2 is 0.932 bits per heavy atom. The van der Waals surface area contributed by atoms with Crippen LogP contribution in [0.1, 0.15) is 102 Å². The summed E-state index contributed by atoms with van der Waals surface area (Å²) >= 11 is -2.43. The van der Waals surface area contributed by atoms with Gasteiger partial charge in [-0.05, 0) is 0 Å². The first-order chi connectivity index (χ1) is 20.3. The number of fused-ring (bicyclic) bond motifs is 2. The Labute approximate surface area is 281 Å². The second kappa shape index (κ2) is 12.8. The molecular formula is C41H44Cl2Ti. The van der Waals surface area contributed by atoms with E-state index >= 15 is 0 Å². The van der Waals surface area contributed by atoms with Crippen molar-refractivity contribution in [2.75, 3.05) is 0 Å². The van der Waals surface area contributed by atoms with Gasteiger partial charge in [0.05, 0.1) is 0 Å². The van der Waals surface area contributed by atoms with Crippen molar-refractivity contribution in [3.63, 3.8) is 0 Å². The summed E-state index contributed by atoms with van der Waals surface area (Å²) < 4.78 is 4.25. The van der Waals surface area contributed by atoms with E-state index in [1.54, 1.807) is 22.3 Å². The third-order valence-corrected chi connectivity index (χ3v) is 20.8. The van der Waals surface area contributed by atoms with E-state index in [1.165, 1.54) is 60.4 Å². The molecule has 0 N–H and O–H groups in total. The zero-order valence-corrected chi connectivity index (χ0v) is 30.0. The van der Waals surface area contributed by atoms with Crippen LogP contribution in [0.5, 0.6) is 0 Å². The summed E-state index contributed by atoms with van der Waals surface area (Å²) in [5, 5.41) is 0. The molecule has 0 radical (unpaired) electrons. The molecule has 7 rings (SSSR count). The fraction of sp³-hybridized carbons (Fsp3) is 0.317. The number of halogens is 2. The van der Waals surface area contributed by atoms with Gasteiger partial charge in [0.1, 0.15) is 0 Å². The van der Waals surface area contributed by atoms with Gasteiger partial charge in [0.2, 0.25) is 0 Å². The average Bonchev–Trinajstić information content (AvgIpc) is 3.49. The number of allylic oxidation sites excluding steroid dienone is 2. The van der Waals surface area contributed by atoms with Gasteiger partial charge in [0.15, 0.2) is 0 Å². The SMILES string of the molecule is CC1=Cc2c(-c3ccc(C(C)C)cc3)cccc2[CH]1[Ti+2]1([CH]2C(C)=Cc3c(-c4ccc(C(C)C)cc4)cccc32)[CH2]C[CH2]1.[Cl-].[Cl-]. The van der Waals surface area contributed by atoms with Crippen molar-refractivity contribution in [3.05, 3.63) is 129 Å². The van der Waals surface area contributed by atoms with Crippen LogP contribution in [-0.4, -0.2) is 0 Å². The first kappa shape index (κ1) is 33.0. The Bertz CT molecular complexity index is 1590. The Kier molecular flexibility index (Phi) is 9.61. The second-order valence-electron chi connectivity index (χ2n) is 13.9. The van der Waals surface area contributed by atoms with Crippen molar-refractivity contribution in [2.24, 2.45) is 0 Å². The molecule has 1 fully saturated rings. The largest absolute Gasteiger partial charge is 1.00 e. The van der Waals surface area contributed by atoms with E-state index in [-0.39, 0.29) is 24.8 Å². The Balaban J connectivity index is 0.00000192. The molecule has 1 aliphatic heterocycles. The normalized spacial score (nSPS) is 18.6. The Hall–Kier alpha value is -2.35. The summed E-state index contributed by atoms with van der Waals surface area (Å²) in [6.45, 7) is 14.0. The third kappa shape index (κ3) is 5.31. The number of hydrogen-bond acceptors (Lipinski definition) is 0. The molecule has 0 bridgehead atoms. The molecule has 4 aromatic rings. The zero-order valence-electron chi connectivity index (χ0n) is 26.9. The van der Waals surface area contributed by atoms with E-state index in [0.717, 1.165) is 0 Å². The van der Waals surface area contributed by atoms with E-state index in [0.29, 0.717) is 20.3 Å². The van der Waals surface area contributed by atoms with E-state index < -0.39 is 16.6 Å². The first-order valence-corrected chi connectivity index (χ1v) is 20.1. The van der Waals surface area contributed by atoms with Gasteiger partial charge >= 0.3 is 258 Å². The molecule has 0 saturated carbocycles. The maximum Gasteiger partial charge on any atom is -1.00 e. The predicted molar refractivity (Wildman–Crippen MR) is 179 cm³/mol. The topological polar surface area (TPSA) is 0 Å². The van der Waals surface area contributed by atoms with Crippen LogP contribution < -0.4 is 24.8 Å². The molecule has 2 unspecified atom stereocenters. The average molecular weight is 656 g/mol. The van der Waals surface area contributed by atoms with Crippen molar-refractivity contribution in [2.45, 2.75) is 77.7 Å². The number of benzene rings is 4. The van der Waals surface area contributed by atoms with Crippen molar-refractivity contribution in [1.82, 2.24) is 0 Å². The van der Waals surface area contributed by atoms with Gasteiger partial charge < -0.3 is 24.8 Å². The molecule has 1 heterocycles. The minimum absolute atomic E-state index is 0. The Morgan fingerprint density at radius 1 is 0.545 bits per heavy atom. The quantitative estimate of drug-likeness (QED) is 0.215.